The van der Waals surface area contributed by atoms with Crippen LogP contribution in [-0.4, -0.2) is 18.8 Å². The summed E-state index contributed by atoms with van der Waals surface area (Å²) in [4.78, 5) is 0. The van der Waals surface area contributed by atoms with E-state index in [1.165, 1.54) is 25.7 Å². The van der Waals surface area contributed by atoms with Gasteiger partial charge in [-0.1, -0.05) is 26.7 Å². The molecule has 1 aliphatic heterocycles. The Hall–Kier alpha value is -0.120. The van der Waals surface area contributed by atoms with Crippen LogP contribution in [0.3, 0.4) is 0 Å². The topological polar surface area (TPSA) is 47.3 Å². The first kappa shape index (κ1) is 12.0. The Morgan fingerprint density at radius 1 is 1.43 bits per heavy atom. The van der Waals surface area contributed by atoms with Gasteiger partial charge >= 0.3 is 0 Å². The van der Waals surface area contributed by atoms with E-state index in [4.69, 9.17) is 10.6 Å². The summed E-state index contributed by atoms with van der Waals surface area (Å²) in [6, 6.07) is 0.424. The predicted molar refractivity (Wildman–Crippen MR) is 58.8 cm³/mol. The molecule has 0 radical (unpaired) electrons. The third kappa shape index (κ3) is 3.23. The van der Waals surface area contributed by atoms with E-state index < -0.39 is 0 Å². The molecule has 1 rings (SSSR count). The van der Waals surface area contributed by atoms with Gasteiger partial charge in [0.25, 0.3) is 0 Å². The molecule has 3 heteroatoms. The zero-order valence-corrected chi connectivity index (χ0v) is 9.46. The molecular formula is C11H24N2O. The Balaban J connectivity index is 2.35. The van der Waals surface area contributed by atoms with Gasteiger partial charge in [-0.15, -0.1) is 0 Å². The van der Waals surface area contributed by atoms with Crippen molar-refractivity contribution in [3.8, 4) is 0 Å². The van der Waals surface area contributed by atoms with Crippen molar-refractivity contribution in [1.82, 2.24) is 5.43 Å². The summed E-state index contributed by atoms with van der Waals surface area (Å²) < 4.78 is 5.63. The molecule has 1 heterocycles. The highest BCUT2D eigenvalue weighted by molar-refractivity contribution is 4.78. The van der Waals surface area contributed by atoms with Crippen LogP contribution in [0.1, 0.15) is 46.0 Å². The van der Waals surface area contributed by atoms with Crippen molar-refractivity contribution in [2.24, 2.45) is 11.8 Å². The van der Waals surface area contributed by atoms with E-state index in [2.05, 4.69) is 19.3 Å². The van der Waals surface area contributed by atoms with E-state index in [9.17, 15) is 0 Å². The number of rotatable bonds is 6. The van der Waals surface area contributed by atoms with Crippen molar-refractivity contribution in [1.29, 1.82) is 0 Å². The maximum absolute atomic E-state index is 5.63. The van der Waals surface area contributed by atoms with Gasteiger partial charge in [-0.3, -0.25) is 11.3 Å². The van der Waals surface area contributed by atoms with Crippen molar-refractivity contribution in [2.75, 3.05) is 6.61 Å². The Morgan fingerprint density at radius 2 is 2.14 bits per heavy atom. The van der Waals surface area contributed by atoms with Gasteiger partial charge in [-0.05, 0) is 25.2 Å². The predicted octanol–water partition coefficient (Wildman–Crippen LogP) is 1.82. The van der Waals surface area contributed by atoms with Crippen molar-refractivity contribution in [3.05, 3.63) is 0 Å². The van der Waals surface area contributed by atoms with E-state index in [-0.39, 0.29) is 0 Å². The molecule has 1 aliphatic rings. The fourth-order valence-electron chi connectivity index (χ4n) is 2.37. The zero-order valence-electron chi connectivity index (χ0n) is 9.46. The third-order valence-electron chi connectivity index (χ3n) is 3.37. The van der Waals surface area contributed by atoms with Crippen LogP contribution in [0, 0.1) is 5.92 Å². The molecule has 1 saturated heterocycles. The third-order valence-corrected chi connectivity index (χ3v) is 3.37. The van der Waals surface area contributed by atoms with Gasteiger partial charge in [0.15, 0.2) is 0 Å². The van der Waals surface area contributed by atoms with E-state index in [0.29, 0.717) is 18.1 Å². The minimum Gasteiger partial charge on any atom is -0.378 e. The molecule has 0 aromatic heterocycles. The minimum absolute atomic E-state index is 0.424. The summed E-state index contributed by atoms with van der Waals surface area (Å²) in [6.07, 6.45) is 6.32. The first-order valence-electron chi connectivity index (χ1n) is 5.89. The van der Waals surface area contributed by atoms with Crippen molar-refractivity contribution in [2.45, 2.75) is 58.1 Å². The largest absolute Gasteiger partial charge is 0.378 e. The van der Waals surface area contributed by atoms with Gasteiger partial charge < -0.3 is 4.74 Å². The van der Waals surface area contributed by atoms with E-state index in [0.717, 1.165) is 13.0 Å². The summed E-state index contributed by atoms with van der Waals surface area (Å²) in [5, 5.41) is 0. The molecule has 2 atom stereocenters. The van der Waals surface area contributed by atoms with E-state index in [1.54, 1.807) is 0 Å². The number of hydrazine groups is 1. The fraction of sp³-hybridized carbons (Fsp3) is 1.00. The Morgan fingerprint density at radius 3 is 2.57 bits per heavy atom. The second-order valence-electron chi connectivity index (χ2n) is 4.22. The maximum Gasteiger partial charge on any atom is 0.0591 e. The molecule has 0 amide bonds. The molecule has 14 heavy (non-hydrogen) atoms. The van der Waals surface area contributed by atoms with Gasteiger partial charge in [0.05, 0.1) is 6.10 Å². The van der Waals surface area contributed by atoms with Crippen LogP contribution in [0.2, 0.25) is 0 Å². The molecule has 3 nitrogen and oxygen atoms in total. The zero-order chi connectivity index (χ0) is 10.4. The van der Waals surface area contributed by atoms with Gasteiger partial charge in [0.1, 0.15) is 0 Å². The molecule has 0 bridgehead atoms. The van der Waals surface area contributed by atoms with Crippen LogP contribution in [0.15, 0.2) is 0 Å². The number of nitrogens with two attached hydrogens (primary N) is 1. The molecule has 3 N–H and O–H groups in total. The van der Waals surface area contributed by atoms with Crippen molar-refractivity contribution < 1.29 is 4.74 Å². The lowest BCUT2D eigenvalue weighted by molar-refractivity contribution is 0.0859. The van der Waals surface area contributed by atoms with Crippen LogP contribution in [0.25, 0.3) is 0 Å². The first-order chi connectivity index (χ1) is 6.81. The molecular weight excluding hydrogens is 176 g/mol. The van der Waals surface area contributed by atoms with Crippen LogP contribution in [0.5, 0.6) is 0 Å². The number of hydrogen-bond acceptors (Lipinski definition) is 3. The van der Waals surface area contributed by atoms with Gasteiger partial charge in [-0.2, -0.15) is 0 Å². The minimum atomic E-state index is 0.424. The lowest BCUT2D eigenvalue weighted by Gasteiger charge is -2.26. The summed E-state index contributed by atoms with van der Waals surface area (Å²) in [5.41, 5.74) is 2.95. The highest BCUT2D eigenvalue weighted by Crippen LogP contribution is 2.22. The highest BCUT2D eigenvalue weighted by Gasteiger charge is 2.24. The van der Waals surface area contributed by atoms with Gasteiger partial charge in [-0.25, -0.2) is 0 Å². The average Bonchev–Trinajstić information content (AvgIpc) is 2.70. The summed E-state index contributed by atoms with van der Waals surface area (Å²) in [6.45, 7) is 5.40. The first-order valence-corrected chi connectivity index (χ1v) is 5.89. The van der Waals surface area contributed by atoms with Crippen molar-refractivity contribution >= 4 is 0 Å². The fourth-order valence-corrected chi connectivity index (χ4v) is 2.37. The van der Waals surface area contributed by atoms with E-state index in [1.807, 2.05) is 0 Å². The maximum atomic E-state index is 5.63. The lowest BCUT2D eigenvalue weighted by Crippen LogP contribution is -2.42. The summed E-state index contributed by atoms with van der Waals surface area (Å²) in [7, 11) is 0. The highest BCUT2D eigenvalue weighted by atomic mass is 16.5. The Kier molecular flexibility index (Phi) is 5.45. The molecule has 0 aliphatic carbocycles. The molecule has 0 aromatic rings. The molecule has 0 spiro atoms. The normalized spacial score (nSPS) is 24.4. The smallest absolute Gasteiger partial charge is 0.0591 e. The number of hydrogen-bond donors (Lipinski definition) is 2. The van der Waals surface area contributed by atoms with Crippen LogP contribution < -0.4 is 11.3 Å². The van der Waals surface area contributed by atoms with Gasteiger partial charge in [0, 0.05) is 12.6 Å². The average molecular weight is 200 g/mol. The summed E-state index contributed by atoms with van der Waals surface area (Å²) in [5.74, 6) is 6.28. The Bertz CT molecular complexity index is 142. The lowest BCUT2D eigenvalue weighted by atomic mass is 9.90. The second-order valence-corrected chi connectivity index (χ2v) is 4.22. The number of nitrogens with one attached hydrogen (secondary N) is 1. The molecule has 0 saturated carbocycles. The van der Waals surface area contributed by atoms with Crippen LogP contribution in [-0.2, 0) is 4.74 Å². The van der Waals surface area contributed by atoms with Crippen molar-refractivity contribution in [3.63, 3.8) is 0 Å². The van der Waals surface area contributed by atoms with E-state index >= 15 is 0 Å². The summed E-state index contributed by atoms with van der Waals surface area (Å²) >= 11 is 0. The van der Waals surface area contributed by atoms with Crippen LogP contribution in [0.4, 0.5) is 0 Å². The van der Waals surface area contributed by atoms with Crippen LogP contribution >= 0.6 is 0 Å². The van der Waals surface area contributed by atoms with Gasteiger partial charge in [0.2, 0.25) is 0 Å². The molecule has 0 aromatic carbocycles. The Labute approximate surface area is 87.4 Å². The SMILES string of the molecule is CCC(CC)C(CC1CCCO1)NN. The number of ether oxygens (including phenoxy) is 1. The standard InChI is InChI=1S/C11H24N2O/c1-3-9(4-2)11(13-12)8-10-6-5-7-14-10/h9-11,13H,3-8,12H2,1-2H3. The monoisotopic (exact) mass is 200 g/mol. The second kappa shape index (κ2) is 6.38. The molecule has 2 unspecified atom stereocenters. The molecule has 1 fully saturated rings. The molecule has 84 valence electrons. The quantitative estimate of drug-likeness (QED) is 0.508.